The first-order valence-electron chi connectivity index (χ1n) is 11.3. The number of unbranched alkanes of at least 4 members (excludes halogenated alkanes) is 4. The molecular weight excluding hydrogens is 308 g/mol. The summed E-state index contributed by atoms with van der Waals surface area (Å²) in [4.78, 5) is 11.4. The van der Waals surface area contributed by atoms with Gasteiger partial charge in [0.05, 0.1) is 0 Å². The average Bonchev–Trinajstić information content (AvgIpc) is 2.63. The monoisotopic (exact) mass is 348 g/mol. The summed E-state index contributed by atoms with van der Waals surface area (Å²) in [5.41, 5.74) is 0.525. The summed E-state index contributed by atoms with van der Waals surface area (Å²) in [6.45, 7) is 3.88. The summed E-state index contributed by atoms with van der Waals surface area (Å²) in [6, 6.07) is 0. The third-order valence-electron chi connectivity index (χ3n) is 8.02. The van der Waals surface area contributed by atoms with E-state index in [0.717, 1.165) is 31.1 Å². The number of ether oxygens (including phenoxy) is 1. The number of esters is 1. The van der Waals surface area contributed by atoms with Crippen molar-refractivity contribution in [3.63, 3.8) is 0 Å². The zero-order chi connectivity index (χ0) is 17.8. The standard InChI is InChI=1S/C23H40O2/c1-3-4-5-6-7-8-20-9-11-21(12-10-20)22-13-16-23(17-14-22,18-15-22)25-19(2)24/h20-21H,3-18H2,1-2H3. The van der Waals surface area contributed by atoms with Crippen LogP contribution < -0.4 is 0 Å². The highest BCUT2D eigenvalue weighted by molar-refractivity contribution is 5.66. The Morgan fingerprint density at radius 1 is 0.880 bits per heavy atom. The zero-order valence-corrected chi connectivity index (χ0v) is 16.8. The molecule has 4 fully saturated rings. The predicted molar refractivity (Wildman–Crippen MR) is 103 cm³/mol. The number of rotatable bonds is 8. The van der Waals surface area contributed by atoms with Gasteiger partial charge in [-0.1, -0.05) is 58.3 Å². The number of hydrogen-bond donors (Lipinski definition) is 0. The highest BCUT2D eigenvalue weighted by atomic mass is 16.6. The van der Waals surface area contributed by atoms with E-state index in [0.29, 0.717) is 5.41 Å². The first kappa shape index (κ1) is 19.2. The third kappa shape index (κ3) is 4.61. The molecule has 2 nitrogen and oxygen atoms in total. The second kappa shape index (κ2) is 8.44. The van der Waals surface area contributed by atoms with Crippen LogP contribution in [0.4, 0.5) is 0 Å². The molecule has 0 aromatic heterocycles. The minimum atomic E-state index is -0.0801. The zero-order valence-electron chi connectivity index (χ0n) is 16.8. The lowest BCUT2D eigenvalue weighted by atomic mass is 9.51. The number of hydrogen-bond acceptors (Lipinski definition) is 2. The molecule has 0 saturated heterocycles. The second-order valence-corrected chi connectivity index (χ2v) is 9.56. The highest BCUT2D eigenvalue weighted by Crippen LogP contribution is 2.60. The van der Waals surface area contributed by atoms with E-state index >= 15 is 0 Å². The third-order valence-corrected chi connectivity index (χ3v) is 8.02. The van der Waals surface area contributed by atoms with Crippen molar-refractivity contribution in [2.75, 3.05) is 0 Å². The van der Waals surface area contributed by atoms with E-state index in [-0.39, 0.29) is 11.6 Å². The van der Waals surface area contributed by atoms with Gasteiger partial charge in [-0.05, 0) is 68.6 Å². The number of fused-ring (bicyclic) bond motifs is 3. The van der Waals surface area contributed by atoms with Crippen LogP contribution in [0.25, 0.3) is 0 Å². The summed E-state index contributed by atoms with van der Waals surface area (Å²) < 4.78 is 5.75. The van der Waals surface area contributed by atoms with Gasteiger partial charge in [0.1, 0.15) is 5.60 Å². The van der Waals surface area contributed by atoms with Gasteiger partial charge in [0.15, 0.2) is 0 Å². The molecule has 4 rings (SSSR count). The van der Waals surface area contributed by atoms with Crippen molar-refractivity contribution in [2.45, 2.75) is 122 Å². The molecule has 144 valence electrons. The summed E-state index contributed by atoms with van der Waals surface area (Å²) in [6.07, 6.45) is 21.9. The lowest BCUT2D eigenvalue weighted by Gasteiger charge is -2.56. The molecule has 25 heavy (non-hydrogen) atoms. The van der Waals surface area contributed by atoms with Gasteiger partial charge in [0.25, 0.3) is 0 Å². The summed E-state index contributed by atoms with van der Waals surface area (Å²) >= 11 is 0. The molecule has 2 heteroatoms. The Labute approximate surface area is 155 Å². The van der Waals surface area contributed by atoms with Crippen LogP contribution >= 0.6 is 0 Å². The van der Waals surface area contributed by atoms with Gasteiger partial charge < -0.3 is 4.74 Å². The van der Waals surface area contributed by atoms with Gasteiger partial charge in [-0.2, -0.15) is 0 Å². The molecule has 0 aromatic carbocycles. The summed E-state index contributed by atoms with van der Waals surface area (Å²) in [5.74, 6) is 1.90. The molecule has 4 aliphatic carbocycles. The van der Waals surface area contributed by atoms with Crippen molar-refractivity contribution < 1.29 is 9.53 Å². The normalized spacial score (nSPS) is 37.8. The van der Waals surface area contributed by atoms with Gasteiger partial charge >= 0.3 is 5.97 Å². The van der Waals surface area contributed by atoms with Crippen LogP contribution in [0, 0.1) is 17.3 Å². The fourth-order valence-electron chi connectivity index (χ4n) is 6.35. The van der Waals surface area contributed by atoms with E-state index in [2.05, 4.69) is 6.92 Å². The van der Waals surface area contributed by atoms with Gasteiger partial charge in [-0.15, -0.1) is 0 Å². The Morgan fingerprint density at radius 2 is 1.48 bits per heavy atom. The Bertz CT molecular complexity index is 409. The Morgan fingerprint density at radius 3 is 2.04 bits per heavy atom. The minimum Gasteiger partial charge on any atom is -0.459 e. The predicted octanol–water partition coefficient (Wildman–Crippen LogP) is 6.81. The second-order valence-electron chi connectivity index (χ2n) is 9.56. The van der Waals surface area contributed by atoms with Crippen molar-refractivity contribution in [2.24, 2.45) is 17.3 Å². The topological polar surface area (TPSA) is 26.3 Å². The maximum atomic E-state index is 11.4. The summed E-state index contributed by atoms with van der Waals surface area (Å²) in [7, 11) is 0. The first-order valence-corrected chi connectivity index (χ1v) is 11.3. The number of carbonyl (C=O) groups excluding carboxylic acids is 1. The van der Waals surface area contributed by atoms with Gasteiger partial charge in [0.2, 0.25) is 0 Å². The quantitative estimate of drug-likeness (QED) is 0.356. The van der Waals surface area contributed by atoms with E-state index in [9.17, 15) is 4.79 Å². The van der Waals surface area contributed by atoms with Gasteiger partial charge in [-0.25, -0.2) is 0 Å². The van der Waals surface area contributed by atoms with E-state index in [1.54, 1.807) is 6.92 Å². The smallest absolute Gasteiger partial charge is 0.303 e. The van der Waals surface area contributed by atoms with Crippen LogP contribution in [0.2, 0.25) is 0 Å². The van der Waals surface area contributed by atoms with Crippen molar-refractivity contribution in [3.8, 4) is 0 Å². The molecular formula is C23H40O2. The fraction of sp³-hybridized carbons (Fsp3) is 0.957. The maximum Gasteiger partial charge on any atom is 0.303 e. The molecule has 0 aromatic rings. The van der Waals surface area contributed by atoms with Crippen LogP contribution in [0.1, 0.15) is 117 Å². The van der Waals surface area contributed by atoms with Crippen molar-refractivity contribution in [1.29, 1.82) is 0 Å². The minimum absolute atomic E-state index is 0.0751. The van der Waals surface area contributed by atoms with Crippen LogP contribution in [0.15, 0.2) is 0 Å². The molecule has 2 bridgehead atoms. The van der Waals surface area contributed by atoms with Crippen LogP contribution in [-0.4, -0.2) is 11.6 Å². The van der Waals surface area contributed by atoms with Crippen molar-refractivity contribution >= 4 is 5.97 Å². The fourth-order valence-corrected chi connectivity index (χ4v) is 6.35. The van der Waals surface area contributed by atoms with Crippen LogP contribution in [-0.2, 0) is 9.53 Å². The van der Waals surface area contributed by atoms with Crippen LogP contribution in [0.5, 0.6) is 0 Å². The molecule has 0 unspecified atom stereocenters. The lowest BCUT2D eigenvalue weighted by molar-refractivity contribution is -0.179. The Balaban J connectivity index is 1.41. The highest BCUT2D eigenvalue weighted by Gasteiger charge is 2.53. The Hall–Kier alpha value is -0.530. The molecule has 0 aliphatic heterocycles. The molecule has 4 aliphatic rings. The first-order chi connectivity index (χ1) is 12.1. The molecule has 0 atom stereocenters. The summed E-state index contributed by atoms with van der Waals surface area (Å²) in [5, 5.41) is 0. The van der Waals surface area contributed by atoms with Gasteiger partial charge in [0, 0.05) is 6.92 Å². The molecule has 0 amide bonds. The van der Waals surface area contributed by atoms with E-state index in [4.69, 9.17) is 4.74 Å². The number of carbonyl (C=O) groups is 1. The van der Waals surface area contributed by atoms with Gasteiger partial charge in [-0.3, -0.25) is 4.79 Å². The van der Waals surface area contributed by atoms with Crippen molar-refractivity contribution in [1.82, 2.24) is 0 Å². The largest absolute Gasteiger partial charge is 0.459 e. The van der Waals surface area contributed by atoms with E-state index < -0.39 is 0 Å². The molecule has 4 saturated carbocycles. The lowest BCUT2D eigenvalue weighted by Crippen LogP contribution is -2.51. The maximum absolute atomic E-state index is 11.4. The average molecular weight is 349 g/mol. The molecule has 0 radical (unpaired) electrons. The van der Waals surface area contributed by atoms with Crippen LogP contribution in [0.3, 0.4) is 0 Å². The molecule has 0 heterocycles. The SMILES string of the molecule is CCCCCCCC1CCC(C23CCC(OC(C)=O)(CC2)CC3)CC1. The van der Waals surface area contributed by atoms with E-state index in [1.165, 1.54) is 83.5 Å². The molecule has 0 N–H and O–H groups in total. The Kier molecular flexibility index (Phi) is 6.49. The van der Waals surface area contributed by atoms with E-state index in [1.807, 2.05) is 0 Å². The van der Waals surface area contributed by atoms with Crippen molar-refractivity contribution in [3.05, 3.63) is 0 Å². The molecule has 0 spiro atoms.